The van der Waals surface area contributed by atoms with Gasteiger partial charge in [0.15, 0.2) is 0 Å². The Labute approximate surface area is 87.8 Å². The molecule has 2 aromatic rings. The molecular formula is C11H11ClN2. The highest BCUT2D eigenvalue weighted by Gasteiger charge is 2.05. The van der Waals surface area contributed by atoms with E-state index in [1.807, 2.05) is 49.0 Å². The number of aryl methyl sites for hydroxylation is 1. The van der Waals surface area contributed by atoms with E-state index in [2.05, 4.69) is 5.10 Å². The molecule has 0 radical (unpaired) electrons. The third kappa shape index (κ3) is 1.42. The molecule has 0 aliphatic heterocycles. The van der Waals surface area contributed by atoms with Crippen LogP contribution in [0.3, 0.4) is 0 Å². The van der Waals surface area contributed by atoms with Gasteiger partial charge in [-0.25, -0.2) is 0 Å². The molecule has 0 unspecified atom stereocenters. The number of rotatable bonds is 1. The van der Waals surface area contributed by atoms with Crippen LogP contribution in [-0.4, -0.2) is 9.78 Å². The lowest BCUT2D eigenvalue weighted by Crippen LogP contribution is -1.88. The highest BCUT2D eigenvalue weighted by atomic mass is 35.5. The molecule has 0 aliphatic carbocycles. The Hall–Kier alpha value is -1.28. The van der Waals surface area contributed by atoms with E-state index in [0.29, 0.717) is 0 Å². The molecule has 2 rings (SSSR count). The quantitative estimate of drug-likeness (QED) is 0.701. The molecule has 0 saturated heterocycles. The summed E-state index contributed by atoms with van der Waals surface area (Å²) >= 11 is 5.94. The van der Waals surface area contributed by atoms with Gasteiger partial charge in [0.1, 0.15) is 0 Å². The van der Waals surface area contributed by atoms with E-state index in [0.717, 1.165) is 21.6 Å². The van der Waals surface area contributed by atoms with E-state index in [-0.39, 0.29) is 0 Å². The minimum absolute atomic E-state index is 0.747. The van der Waals surface area contributed by atoms with Gasteiger partial charge >= 0.3 is 0 Å². The van der Waals surface area contributed by atoms with E-state index >= 15 is 0 Å². The van der Waals surface area contributed by atoms with Crippen molar-refractivity contribution in [2.24, 2.45) is 7.05 Å². The first-order valence-electron chi connectivity index (χ1n) is 4.47. The molecule has 14 heavy (non-hydrogen) atoms. The number of benzene rings is 1. The zero-order valence-electron chi connectivity index (χ0n) is 8.16. The lowest BCUT2D eigenvalue weighted by molar-refractivity contribution is 0.793. The lowest BCUT2D eigenvalue weighted by atomic mass is 10.2. The van der Waals surface area contributed by atoms with Crippen LogP contribution in [0.2, 0.25) is 5.02 Å². The van der Waals surface area contributed by atoms with Crippen LogP contribution in [0.4, 0.5) is 0 Å². The van der Waals surface area contributed by atoms with E-state index in [9.17, 15) is 0 Å². The molecule has 3 heteroatoms. The normalized spacial score (nSPS) is 11.6. The van der Waals surface area contributed by atoms with Gasteiger partial charge in [-0.05, 0) is 31.2 Å². The van der Waals surface area contributed by atoms with Gasteiger partial charge in [-0.1, -0.05) is 17.7 Å². The molecular weight excluding hydrogens is 196 g/mol. The van der Waals surface area contributed by atoms with Crippen LogP contribution in [0.1, 0.15) is 12.6 Å². The number of nitrogens with zero attached hydrogens (tertiary/aromatic N) is 2. The van der Waals surface area contributed by atoms with Gasteiger partial charge in [0, 0.05) is 17.5 Å². The topological polar surface area (TPSA) is 17.8 Å². The standard InChI is InChI=1S/C11H11ClN2/c1-3-4-10-9-7-8(12)5-6-11(9)14(2)13-10/h3-7H,1-2H3/b4-3+. The number of allylic oxidation sites excluding steroid dienone is 1. The fourth-order valence-corrected chi connectivity index (χ4v) is 1.72. The molecule has 0 N–H and O–H groups in total. The Morgan fingerprint density at radius 3 is 2.93 bits per heavy atom. The molecule has 72 valence electrons. The van der Waals surface area contributed by atoms with Gasteiger partial charge < -0.3 is 0 Å². The fraction of sp³-hybridized carbons (Fsp3) is 0.182. The first kappa shape index (κ1) is 9.28. The van der Waals surface area contributed by atoms with Crippen molar-refractivity contribution < 1.29 is 0 Å². The average Bonchev–Trinajstić information content (AvgIpc) is 2.44. The summed E-state index contributed by atoms with van der Waals surface area (Å²) in [4.78, 5) is 0. The summed E-state index contributed by atoms with van der Waals surface area (Å²) in [5.74, 6) is 0. The maximum atomic E-state index is 5.94. The Morgan fingerprint density at radius 2 is 2.21 bits per heavy atom. The van der Waals surface area contributed by atoms with Gasteiger partial charge in [0.2, 0.25) is 0 Å². The van der Waals surface area contributed by atoms with Crippen molar-refractivity contribution in [1.82, 2.24) is 9.78 Å². The third-order valence-corrected chi connectivity index (χ3v) is 2.40. The molecule has 0 aliphatic rings. The average molecular weight is 207 g/mol. The first-order chi connectivity index (χ1) is 6.72. The number of aromatic nitrogens is 2. The van der Waals surface area contributed by atoms with Gasteiger partial charge in [-0.3, -0.25) is 4.68 Å². The van der Waals surface area contributed by atoms with E-state index in [1.165, 1.54) is 0 Å². The SMILES string of the molecule is C/C=C/c1nn(C)c2ccc(Cl)cc12. The predicted molar refractivity (Wildman–Crippen MR) is 60.4 cm³/mol. The van der Waals surface area contributed by atoms with Crippen LogP contribution < -0.4 is 0 Å². The molecule has 0 spiro atoms. The monoisotopic (exact) mass is 206 g/mol. The second-order valence-corrected chi connectivity index (χ2v) is 3.61. The van der Waals surface area contributed by atoms with Crippen LogP contribution in [0.5, 0.6) is 0 Å². The maximum Gasteiger partial charge on any atom is 0.0926 e. The van der Waals surface area contributed by atoms with Crippen molar-refractivity contribution in [3.8, 4) is 0 Å². The minimum atomic E-state index is 0.747. The summed E-state index contributed by atoms with van der Waals surface area (Å²) in [5.41, 5.74) is 2.06. The number of fused-ring (bicyclic) bond motifs is 1. The van der Waals surface area contributed by atoms with Crippen molar-refractivity contribution in [3.63, 3.8) is 0 Å². The highest BCUT2D eigenvalue weighted by molar-refractivity contribution is 6.31. The number of halogens is 1. The van der Waals surface area contributed by atoms with Crippen molar-refractivity contribution >= 4 is 28.6 Å². The first-order valence-corrected chi connectivity index (χ1v) is 4.85. The van der Waals surface area contributed by atoms with E-state index < -0.39 is 0 Å². The molecule has 0 amide bonds. The molecule has 0 fully saturated rings. The van der Waals surface area contributed by atoms with Crippen LogP contribution >= 0.6 is 11.6 Å². The Balaban J connectivity index is 2.78. The van der Waals surface area contributed by atoms with E-state index in [4.69, 9.17) is 11.6 Å². The van der Waals surface area contributed by atoms with Crippen molar-refractivity contribution in [2.75, 3.05) is 0 Å². The Kier molecular flexibility index (Phi) is 2.30. The zero-order valence-corrected chi connectivity index (χ0v) is 8.92. The Bertz CT molecular complexity index is 497. The number of hydrogen-bond acceptors (Lipinski definition) is 1. The van der Waals surface area contributed by atoms with Gasteiger partial charge in [-0.15, -0.1) is 0 Å². The van der Waals surface area contributed by atoms with Crippen molar-refractivity contribution in [3.05, 3.63) is 35.0 Å². The molecule has 0 atom stereocenters. The predicted octanol–water partition coefficient (Wildman–Crippen LogP) is 3.26. The van der Waals surface area contributed by atoms with Gasteiger partial charge in [0.25, 0.3) is 0 Å². The van der Waals surface area contributed by atoms with Crippen LogP contribution in [0.25, 0.3) is 17.0 Å². The molecule has 1 heterocycles. The zero-order chi connectivity index (χ0) is 10.1. The second-order valence-electron chi connectivity index (χ2n) is 3.17. The van der Waals surface area contributed by atoms with Crippen molar-refractivity contribution in [2.45, 2.75) is 6.92 Å². The largest absolute Gasteiger partial charge is 0.267 e. The highest BCUT2D eigenvalue weighted by Crippen LogP contribution is 2.22. The lowest BCUT2D eigenvalue weighted by Gasteiger charge is -1.93. The smallest absolute Gasteiger partial charge is 0.0926 e. The minimum Gasteiger partial charge on any atom is -0.267 e. The summed E-state index contributed by atoms with van der Waals surface area (Å²) in [6, 6.07) is 5.81. The van der Waals surface area contributed by atoms with Gasteiger partial charge in [0.05, 0.1) is 11.2 Å². The number of hydrogen-bond donors (Lipinski definition) is 0. The fourth-order valence-electron chi connectivity index (χ4n) is 1.55. The summed E-state index contributed by atoms with van der Waals surface area (Å²) in [6.45, 7) is 1.98. The summed E-state index contributed by atoms with van der Waals surface area (Å²) in [5, 5.41) is 6.23. The van der Waals surface area contributed by atoms with Crippen molar-refractivity contribution in [1.29, 1.82) is 0 Å². The Morgan fingerprint density at radius 1 is 1.43 bits per heavy atom. The molecule has 1 aromatic carbocycles. The molecule has 1 aromatic heterocycles. The van der Waals surface area contributed by atoms with Gasteiger partial charge in [-0.2, -0.15) is 5.10 Å². The summed E-state index contributed by atoms with van der Waals surface area (Å²) in [7, 11) is 1.93. The summed E-state index contributed by atoms with van der Waals surface area (Å²) in [6.07, 6.45) is 3.96. The maximum absolute atomic E-state index is 5.94. The third-order valence-electron chi connectivity index (χ3n) is 2.17. The van der Waals surface area contributed by atoms with Crippen LogP contribution in [0.15, 0.2) is 24.3 Å². The van der Waals surface area contributed by atoms with E-state index in [1.54, 1.807) is 0 Å². The molecule has 2 nitrogen and oxygen atoms in total. The second kappa shape index (κ2) is 3.46. The molecule has 0 bridgehead atoms. The van der Waals surface area contributed by atoms with Crippen LogP contribution in [-0.2, 0) is 7.05 Å². The molecule has 0 saturated carbocycles. The summed E-state index contributed by atoms with van der Waals surface area (Å²) < 4.78 is 1.86. The van der Waals surface area contributed by atoms with Crippen LogP contribution in [0, 0.1) is 0 Å².